The Balaban J connectivity index is 2.21. The Bertz CT molecular complexity index is 878. The molecule has 0 aliphatic heterocycles. The second kappa shape index (κ2) is 17.4. The zero-order chi connectivity index (χ0) is 31.3. The van der Waals surface area contributed by atoms with Crippen molar-refractivity contribution in [1.82, 2.24) is 16.0 Å². The monoisotopic (exact) mass is 595 g/mol. The second-order valence-corrected chi connectivity index (χ2v) is 13.3. The number of hydrogen-bond donors (Lipinski definition) is 4. The highest BCUT2D eigenvalue weighted by Crippen LogP contribution is 2.25. The number of rotatable bonds is 19. The van der Waals surface area contributed by atoms with Gasteiger partial charge >= 0.3 is 0 Å². The van der Waals surface area contributed by atoms with E-state index in [0.717, 1.165) is 51.4 Å². The summed E-state index contributed by atoms with van der Waals surface area (Å²) in [5.74, 6) is -1.14. The fourth-order valence-electron chi connectivity index (χ4n) is 5.91. The van der Waals surface area contributed by atoms with E-state index in [2.05, 4.69) is 16.0 Å². The van der Waals surface area contributed by atoms with Gasteiger partial charge in [0, 0.05) is 32.2 Å². The largest absolute Gasteiger partial charge is 0.396 e. The van der Waals surface area contributed by atoms with Crippen molar-refractivity contribution in [2.75, 3.05) is 19.8 Å². The molecule has 0 heterocycles. The molecule has 42 heavy (non-hydrogen) atoms. The van der Waals surface area contributed by atoms with Gasteiger partial charge in [0.25, 0.3) is 0 Å². The molecule has 0 bridgehead atoms. The summed E-state index contributed by atoms with van der Waals surface area (Å²) in [7, 11) is 0. The van der Waals surface area contributed by atoms with Crippen LogP contribution in [-0.2, 0) is 28.7 Å². The minimum atomic E-state index is -1.15. The number of hydrogen-bond acceptors (Lipinski definition) is 8. The summed E-state index contributed by atoms with van der Waals surface area (Å²) in [6.07, 6.45) is 9.95. The van der Waals surface area contributed by atoms with Crippen LogP contribution < -0.4 is 16.0 Å². The predicted octanol–water partition coefficient (Wildman–Crippen LogP) is 3.37. The van der Waals surface area contributed by atoms with Gasteiger partial charge in [0.1, 0.15) is 6.04 Å². The number of nitrogens with one attached hydrogen (secondary N) is 3. The Morgan fingerprint density at radius 1 is 0.762 bits per heavy atom. The number of Topliss-reactive ketones (excluding diaryl/α,β-unsaturated/α-hetero) is 2. The normalized spacial score (nSPS) is 20.1. The highest BCUT2D eigenvalue weighted by atomic mass is 16.5. The first-order valence-electron chi connectivity index (χ1n) is 16.1. The first kappa shape index (κ1) is 36.3. The van der Waals surface area contributed by atoms with Crippen molar-refractivity contribution in [1.29, 1.82) is 0 Å². The molecule has 2 fully saturated rings. The van der Waals surface area contributed by atoms with E-state index in [4.69, 9.17) is 9.47 Å². The SMILES string of the molecule is CCC(C)(NC(CCO)C(=O)C(C)(C)C)C(=O)C(CCOC1CCCC1)NC(=O)C(CCOC1CCCC1)NC(C)=O. The minimum absolute atomic E-state index is 0.0952. The van der Waals surface area contributed by atoms with E-state index in [-0.39, 0.29) is 49.1 Å². The fourth-order valence-corrected chi connectivity index (χ4v) is 5.91. The maximum atomic E-state index is 14.2. The molecule has 10 heteroatoms. The van der Waals surface area contributed by atoms with E-state index in [0.29, 0.717) is 26.1 Å². The van der Waals surface area contributed by atoms with Gasteiger partial charge in [0.15, 0.2) is 11.6 Å². The first-order valence-corrected chi connectivity index (χ1v) is 16.1. The molecule has 4 N–H and O–H groups in total. The van der Waals surface area contributed by atoms with Crippen molar-refractivity contribution in [3.8, 4) is 0 Å². The molecule has 2 aliphatic rings. The van der Waals surface area contributed by atoms with E-state index < -0.39 is 35.0 Å². The third kappa shape index (κ3) is 11.7. The standard InChI is InChI=1S/C32H57N3O7/c1-7-32(6,35-26(16-19-36)28(38)31(3,4)5)29(39)25(17-20-41-23-12-8-9-13-23)34-30(40)27(33-22(2)37)18-21-42-24-14-10-11-15-24/h23-27,35-36H,7-21H2,1-6H3,(H,33,37)(H,34,40). The molecular formula is C32H57N3O7. The predicted molar refractivity (Wildman–Crippen MR) is 162 cm³/mol. The molecule has 2 saturated carbocycles. The van der Waals surface area contributed by atoms with Crippen molar-refractivity contribution in [3.05, 3.63) is 0 Å². The van der Waals surface area contributed by atoms with Gasteiger partial charge in [-0.2, -0.15) is 0 Å². The Hall–Kier alpha value is -1.88. The molecule has 0 radical (unpaired) electrons. The van der Waals surface area contributed by atoms with Gasteiger partial charge in [0.2, 0.25) is 11.8 Å². The lowest BCUT2D eigenvalue weighted by Crippen LogP contribution is -2.63. The van der Waals surface area contributed by atoms with Crippen LogP contribution in [0, 0.1) is 5.41 Å². The molecule has 4 unspecified atom stereocenters. The summed E-state index contributed by atoms with van der Waals surface area (Å²) in [5, 5.41) is 18.6. The Morgan fingerprint density at radius 2 is 1.26 bits per heavy atom. The van der Waals surface area contributed by atoms with E-state index in [9.17, 15) is 24.3 Å². The highest BCUT2D eigenvalue weighted by molar-refractivity contribution is 5.98. The van der Waals surface area contributed by atoms with Crippen LogP contribution >= 0.6 is 0 Å². The number of aliphatic hydroxyl groups excluding tert-OH is 1. The third-order valence-electron chi connectivity index (χ3n) is 8.67. The molecule has 2 aliphatic carbocycles. The first-order chi connectivity index (χ1) is 19.8. The van der Waals surface area contributed by atoms with Crippen LogP contribution in [0.4, 0.5) is 0 Å². The van der Waals surface area contributed by atoms with Crippen molar-refractivity contribution < 1.29 is 33.8 Å². The van der Waals surface area contributed by atoms with Crippen LogP contribution in [0.2, 0.25) is 0 Å². The molecule has 2 rings (SSSR count). The van der Waals surface area contributed by atoms with Crippen molar-refractivity contribution in [2.45, 2.75) is 154 Å². The third-order valence-corrected chi connectivity index (χ3v) is 8.67. The van der Waals surface area contributed by atoms with Gasteiger partial charge in [-0.25, -0.2) is 0 Å². The number of ether oxygens (including phenoxy) is 2. The topological polar surface area (TPSA) is 143 Å². The molecular weight excluding hydrogens is 538 g/mol. The van der Waals surface area contributed by atoms with Crippen LogP contribution in [0.5, 0.6) is 0 Å². The maximum Gasteiger partial charge on any atom is 0.243 e. The van der Waals surface area contributed by atoms with Gasteiger partial charge < -0.3 is 25.2 Å². The van der Waals surface area contributed by atoms with E-state index in [1.54, 1.807) is 6.92 Å². The average molecular weight is 596 g/mol. The zero-order valence-corrected chi connectivity index (χ0v) is 26.9. The number of aliphatic hydroxyl groups is 1. The van der Waals surface area contributed by atoms with E-state index in [1.165, 1.54) is 6.92 Å². The van der Waals surface area contributed by atoms with Crippen molar-refractivity contribution in [3.63, 3.8) is 0 Å². The van der Waals surface area contributed by atoms with Crippen LogP contribution in [0.3, 0.4) is 0 Å². The van der Waals surface area contributed by atoms with Crippen molar-refractivity contribution in [2.24, 2.45) is 5.41 Å². The van der Waals surface area contributed by atoms with E-state index in [1.807, 2.05) is 27.7 Å². The number of amides is 2. The lowest BCUT2D eigenvalue weighted by atomic mass is 9.81. The van der Waals surface area contributed by atoms with Crippen LogP contribution in [0.25, 0.3) is 0 Å². The summed E-state index contributed by atoms with van der Waals surface area (Å²) in [5.41, 5.74) is -1.82. The molecule has 0 aromatic heterocycles. The van der Waals surface area contributed by atoms with E-state index >= 15 is 0 Å². The lowest BCUT2D eigenvalue weighted by molar-refractivity contribution is -0.135. The summed E-state index contributed by atoms with van der Waals surface area (Å²) < 4.78 is 12.0. The van der Waals surface area contributed by atoms with Gasteiger partial charge in [-0.3, -0.25) is 24.5 Å². The number of carbonyl (C=O) groups is 4. The molecule has 10 nitrogen and oxygen atoms in total. The van der Waals surface area contributed by atoms with Crippen molar-refractivity contribution >= 4 is 23.4 Å². The molecule has 0 spiro atoms. The summed E-state index contributed by atoms with van der Waals surface area (Å²) in [6, 6.07) is -2.47. The van der Waals surface area contributed by atoms with Crippen LogP contribution in [0.1, 0.15) is 119 Å². The Labute approximate surface area is 252 Å². The van der Waals surface area contributed by atoms with Gasteiger partial charge in [-0.05, 0) is 58.3 Å². The zero-order valence-electron chi connectivity index (χ0n) is 26.9. The maximum absolute atomic E-state index is 14.2. The lowest BCUT2D eigenvalue weighted by Gasteiger charge is -2.37. The Morgan fingerprint density at radius 3 is 1.69 bits per heavy atom. The van der Waals surface area contributed by atoms with Crippen LogP contribution in [0.15, 0.2) is 0 Å². The summed E-state index contributed by atoms with van der Waals surface area (Å²) in [4.78, 5) is 52.9. The summed E-state index contributed by atoms with van der Waals surface area (Å²) >= 11 is 0. The number of carbonyl (C=O) groups excluding carboxylic acids is 4. The average Bonchev–Trinajstić information content (AvgIpc) is 3.64. The highest BCUT2D eigenvalue weighted by Gasteiger charge is 2.42. The van der Waals surface area contributed by atoms with Crippen LogP contribution in [-0.4, -0.2) is 84.2 Å². The quantitative estimate of drug-likeness (QED) is 0.178. The molecule has 4 atom stereocenters. The van der Waals surface area contributed by atoms with Gasteiger partial charge in [-0.15, -0.1) is 0 Å². The Kier molecular flexibility index (Phi) is 15.1. The summed E-state index contributed by atoms with van der Waals surface area (Å²) in [6.45, 7) is 10.8. The molecule has 0 aromatic rings. The molecule has 2 amide bonds. The smallest absolute Gasteiger partial charge is 0.243 e. The van der Waals surface area contributed by atoms with Gasteiger partial charge in [-0.1, -0.05) is 53.4 Å². The number of ketones is 2. The second-order valence-electron chi connectivity index (χ2n) is 13.3. The molecule has 242 valence electrons. The minimum Gasteiger partial charge on any atom is -0.396 e. The van der Waals surface area contributed by atoms with Gasteiger partial charge in [0.05, 0.1) is 29.8 Å². The molecule has 0 saturated heterocycles. The fraction of sp³-hybridized carbons (Fsp3) is 0.875. The molecule has 0 aromatic carbocycles.